The molecular weight excluding hydrogens is 330 g/mol. The lowest BCUT2D eigenvalue weighted by Crippen LogP contribution is -2.30. The van der Waals surface area contributed by atoms with Gasteiger partial charge in [-0.1, -0.05) is 24.3 Å². The Morgan fingerprint density at radius 3 is 2.96 bits per heavy atom. The lowest BCUT2D eigenvalue weighted by atomic mass is 10.1. The first-order valence-corrected chi connectivity index (χ1v) is 8.53. The number of amides is 1. The van der Waals surface area contributed by atoms with Crippen LogP contribution in [0.4, 0.5) is 0 Å². The van der Waals surface area contributed by atoms with Crippen molar-refractivity contribution in [2.24, 2.45) is 0 Å². The van der Waals surface area contributed by atoms with E-state index in [2.05, 4.69) is 10.3 Å². The minimum absolute atomic E-state index is 0.0774. The van der Waals surface area contributed by atoms with Crippen molar-refractivity contribution < 1.29 is 9.21 Å². The van der Waals surface area contributed by atoms with Crippen LogP contribution in [-0.2, 0) is 17.8 Å². The molecule has 0 saturated carbocycles. The summed E-state index contributed by atoms with van der Waals surface area (Å²) >= 11 is 0. The Labute approximate surface area is 149 Å². The number of para-hydroxylation sites is 1. The molecule has 1 amide bonds. The van der Waals surface area contributed by atoms with E-state index in [1.165, 1.54) is 0 Å². The molecule has 0 spiro atoms. The van der Waals surface area contributed by atoms with Gasteiger partial charge in [0.1, 0.15) is 0 Å². The first-order chi connectivity index (χ1) is 12.6. The predicted molar refractivity (Wildman–Crippen MR) is 100 cm³/mol. The van der Waals surface area contributed by atoms with Crippen LogP contribution in [0.25, 0.3) is 22.0 Å². The summed E-state index contributed by atoms with van der Waals surface area (Å²) in [7, 11) is 0. The van der Waals surface area contributed by atoms with Gasteiger partial charge in [-0.05, 0) is 36.2 Å². The van der Waals surface area contributed by atoms with Crippen LogP contribution >= 0.6 is 0 Å². The molecular formula is C20H19N3O3. The Hall–Kier alpha value is -3.28. The number of carbonyl (C=O) groups is 1. The highest BCUT2D eigenvalue weighted by molar-refractivity contribution is 5.88. The topological polar surface area (TPSA) is 80.0 Å². The second-order valence-electron chi connectivity index (χ2n) is 6.38. The monoisotopic (exact) mass is 349 g/mol. The van der Waals surface area contributed by atoms with Crippen LogP contribution in [-0.4, -0.2) is 22.0 Å². The summed E-state index contributed by atoms with van der Waals surface area (Å²) in [4.78, 5) is 27.4. The number of hydrogen-bond acceptors (Lipinski definition) is 3. The Kier molecular flexibility index (Phi) is 4.08. The molecule has 2 N–H and O–H groups in total. The first-order valence-electron chi connectivity index (χ1n) is 8.53. The maximum absolute atomic E-state index is 12.2. The van der Waals surface area contributed by atoms with Crippen molar-refractivity contribution in [3.8, 4) is 0 Å². The molecule has 2 heterocycles. The van der Waals surface area contributed by atoms with Crippen molar-refractivity contribution >= 4 is 27.9 Å². The summed E-state index contributed by atoms with van der Waals surface area (Å²) in [6, 6.07) is 13.5. The lowest BCUT2D eigenvalue weighted by Gasteiger charge is -2.06. The van der Waals surface area contributed by atoms with Gasteiger partial charge in [-0.15, -0.1) is 0 Å². The summed E-state index contributed by atoms with van der Waals surface area (Å²) in [5.74, 6) is -0.483. The number of hydrogen-bond donors (Lipinski definition) is 2. The fraction of sp³-hybridized carbons (Fsp3) is 0.200. The van der Waals surface area contributed by atoms with Crippen LogP contribution in [0.2, 0.25) is 0 Å². The van der Waals surface area contributed by atoms with Gasteiger partial charge in [0.05, 0.1) is 11.9 Å². The van der Waals surface area contributed by atoms with E-state index in [0.717, 1.165) is 27.5 Å². The molecule has 0 fully saturated rings. The average Bonchev–Trinajstić information content (AvgIpc) is 3.16. The Morgan fingerprint density at radius 1 is 1.23 bits per heavy atom. The summed E-state index contributed by atoms with van der Waals surface area (Å²) in [5, 5.41) is 3.92. The van der Waals surface area contributed by atoms with E-state index in [-0.39, 0.29) is 5.91 Å². The average molecular weight is 349 g/mol. The fourth-order valence-electron chi connectivity index (χ4n) is 3.21. The predicted octanol–water partition coefficient (Wildman–Crippen LogP) is 2.74. The van der Waals surface area contributed by atoms with Crippen molar-refractivity contribution in [1.82, 2.24) is 14.9 Å². The summed E-state index contributed by atoms with van der Waals surface area (Å²) in [6.45, 7) is 2.68. The second kappa shape index (κ2) is 6.55. The number of aryl methyl sites for hydroxylation is 1. The third-order valence-corrected chi connectivity index (χ3v) is 4.51. The molecule has 2 aromatic heterocycles. The molecule has 2 aromatic carbocycles. The molecule has 0 saturated heterocycles. The second-order valence-corrected chi connectivity index (χ2v) is 6.38. The number of aromatic amines is 1. The van der Waals surface area contributed by atoms with Gasteiger partial charge in [0.2, 0.25) is 5.91 Å². The number of rotatable bonds is 5. The molecule has 0 atom stereocenters. The minimum atomic E-state index is -0.406. The van der Waals surface area contributed by atoms with Crippen LogP contribution in [0.3, 0.4) is 0 Å². The zero-order chi connectivity index (χ0) is 18.1. The number of aromatic nitrogens is 2. The normalized spacial score (nSPS) is 11.3. The smallest absolute Gasteiger partial charge is 0.408 e. The molecule has 0 aliphatic rings. The molecule has 0 unspecified atom stereocenters. The quantitative estimate of drug-likeness (QED) is 0.581. The number of benzene rings is 2. The molecule has 0 radical (unpaired) electrons. The van der Waals surface area contributed by atoms with Crippen molar-refractivity contribution in [2.75, 3.05) is 6.54 Å². The van der Waals surface area contributed by atoms with Gasteiger partial charge < -0.3 is 14.7 Å². The Balaban J connectivity index is 1.41. The van der Waals surface area contributed by atoms with Crippen LogP contribution in [0.5, 0.6) is 0 Å². The molecule has 0 aliphatic heterocycles. The number of nitrogens with zero attached hydrogens (tertiary/aromatic N) is 1. The van der Waals surface area contributed by atoms with E-state index >= 15 is 0 Å². The van der Waals surface area contributed by atoms with Gasteiger partial charge >= 0.3 is 5.76 Å². The number of fused-ring (bicyclic) bond motifs is 2. The fourth-order valence-corrected chi connectivity index (χ4v) is 3.21. The highest BCUT2D eigenvalue weighted by Crippen LogP contribution is 2.18. The van der Waals surface area contributed by atoms with Gasteiger partial charge in [0.25, 0.3) is 0 Å². The molecule has 132 valence electrons. The largest absolute Gasteiger partial charge is 0.420 e. The van der Waals surface area contributed by atoms with Crippen molar-refractivity contribution in [2.45, 2.75) is 19.9 Å². The molecule has 26 heavy (non-hydrogen) atoms. The van der Waals surface area contributed by atoms with E-state index in [0.29, 0.717) is 25.1 Å². The van der Waals surface area contributed by atoms with Crippen LogP contribution in [0.15, 0.2) is 57.9 Å². The van der Waals surface area contributed by atoms with Gasteiger partial charge in [-0.25, -0.2) is 4.79 Å². The summed E-state index contributed by atoms with van der Waals surface area (Å²) < 4.78 is 6.80. The zero-order valence-corrected chi connectivity index (χ0v) is 14.4. The number of nitrogens with one attached hydrogen (secondary N) is 2. The van der Waals surface area contributed by atoms with Crippen molar-refractivity contribution in [3.05, 3.63) is 70.3 Å². The van der Waals surface area contributed by atoms with Gasteiger partial charge in [-0.3, -0.25) is 9.36 Å². The Bertz CT molecular complexity index is 1150. The number of H-pyrrole nitrogens is 1. The highest BCUT2D eigenvalue weighted by Gasteiger charge is 2.11. The molecule has 4 rings (SSSR count). The van der Waals surface area contributed by atoms with E-state index in [9.17, 15) is 9.59 Å². The molecule has 0 bridgehead atoms. The van der Waals surface area contributed by atoms with Gasteiger partial charge in [0, 0.05) is 30.2 Å². The molecule has 6 heteroatoms. The van der Waals surface area contributed by atoms with Gasteiger partial charge in [-0.2, -0.15) is 0 Å². The van der Waals surface area contributed by atoms with E-state index in [1.807, 2.05) is 55.6 Å². The maximum atomic E-state index is 12.2. The third-order valence-electron chi connectivity index (χ3n) is 4.51. The molecule has 4 aromatic rings. The van der Waals surface area contributed by atoms with E-state index in [4.69, 9.17) is 4.42 Å². The van der Waals surface area contributed by atoms with Crippen LogP contribution in [0.1, 0.15) is 11.1 Å². The summed E-state index contributed by atoms with van der Waals surface area (Å²) in [5.41, 5.74) is 4.32. The lowest BCUT2D eigenvalue weighted by molar-refractivity contribution is -0.120. The SMILES string of the molecule is Cc1ccc2c(c1)oc(=O)n2CCNC(=O)Cc1c[nH]c2ccccc12. The number of carbonyl (C=O) groups excluding carboxylic acids is 1. The minimum Gasteiger partial charge on any atom is -0.408 e. The van der Waals surface area contributed by atoms with Crippen molar-refractivity contribution in [1.29, 1.82) is 0 Å². The van der Waals surface area contributed by atoms with Crippen LogP contribution < -0.4 is 11.1 Å². The standard InChI is InChI=1S/C20H19N3O3/c1-13-6-7-17-18(10-13)26-20(25)23(17)9-8-21-19(24)11-14-12-22-16-5-3-2-4-15(14)16/h2-7,10,12,22H,8-9,11H2,1H3,(H,21,24). The van der Waals surface area contributed by atoms with Gasteiger partial charge in [0.15, 0.2) is 5.58 Å². The van der Waals surface area contributed by atoms with Crippen molar-refractivity contribution in [3.63, 3.8) is 0 Å². The zero-order valence-electron chi connectivity index (χ0n) is 14.4. The van der Waals surface area contributed by atoms with Crippen LogP contribution in [0, 0.1) is 6.92 Å². The third kappa shape index (κ3) is 3.01. The Morgan fingerprint density at radius 2 is 2.08 bits per heavy atom. The molecule has 6 nitrogen and oxygen atoms in total. The highest BCUT2D eigenvalue weighted by atomic mass is 16.4. The number of oxazole rings is 1. The first kappa shape index (κ1) is 16.2. The maximum Gasteiger partial charge on any atom is 0.420 e. The van der Waals surface area contributed by atoms with E-state index in [1.54, 1.807) is 4.57 Å². The molecule has 0 aliphatic carbocycles. The summed E-state index contributed by atoms with van der Waals surface area (Å²) in [6.07, 6.45) is 2.16. The van der Waals surface area contributed by atoms with E-state index < -0.39 is 5.76 Å².